The summed E-state index contributed by atoms with van der Waals surface area (Å²) in [7, 11) is -2.66. The highest BCUT2D eigenvalue weighted by molar-refractivity contribution is 7.89. The standard InChI is InChI=1S/C22H31NO6S/c1-16-9-10-21(20(14-16)29-18-7-5-6-17(15-18)11-13-24)30(26,27)23-12-4-3-8-19(23)22(25)28-2/h9-10,13-14,17-19H,3-8,11-12,15H2,1-2H3/t17-,18-,19+/m1/s1. The van der Waals surface area contributed by atoms with E-state index in [0.29, 0.717) is 25.0 Å². The van der Waals surface area contributed by atoms with Crippen LogP contribution in [0.5, 0.6) is 5.75 Å². The average molecular weight is 438 g/mol. The second kappa shape index (κ2) is 9.92. The van der Waals surface area contributed by atoms with E-state index < -0.39 is 22.0 Å². The van der Waals surface area contributed by atoms with Crippen molar-refractivity contribution < 1.29 is 27.5 Å². The molecular formula is C22H31NO6S. The number of piperidine rings is 1. The molecule has 1 aromatic rings. The largest absolute Gasteiger partial charge is 0.489 e. The maximum absolute atomic E-state index is 13.6. The molecule has 0 amide bonds. The molecule has 3 rings (SSSR count). The Kier molecular flexibility index (Phi) is 7.52. The van der Waals surface area contributed by atoms with Crippen molar-refractivity contribution >= 4 is 22.3 Å². The Balaban J connectivity index is 1.90. The van der Waals surface area contributed by atoms with Gasteiger partial charge in [0.05, 0.1) is 13.2 Å². The van der Waals surface area contributed by atoms with Gasteiger partial charge in [-0.3, -0.25) is 4.79 Å². The van der Waals surface area contributed by atoms with Crippen LogP contribution in [0, 0.1) is 12.8 Å². The van der Waals surface area contributed by atoms with E-state index in [2.05, 4.69) is 0 Å². The normalized spacial score (nSPS) is 25.5. The molecule has 8 heteroatoms. The van der Waals surface area contributed by atoms with Crippen LogP contribution < -0.4 is 4.74 Å². The number of methoxy groups -OCH3 is 1. The molecule has 1 saturated heterocycles. The third-order valence-corrected chi connectivity index (χ3v) is 8.02. The lowest BCUT2D eigenvalue weighted by Crippen LogP contribution is -2.48. The van der Waals surface area contributed by atoms with Crippen LogP contribution in [0.4, 0.5) is 0 Å². The summed E-state index contributed by atoms with van der Waals surface area (Å²) < 4.78 is 39.4. The van der Waals surface area contributed by atoms with Crippen LogP contribution in [-0.4, -0.2) is 50.8 Å². The van der Waals surface area contributed by atoms with Gasteiger partial charge in [-0.25, -0.2) is 8.42 Å². The third kappa shape index (κ3) is 5.03. The van der Waals surface area contributed by atoms with Gasteiger partial charge in [0.25, 0.3) is 0 Å². The number of carbonyl (C=O) groups is 2. The van der Waals surface area contributed by atoms with Gasteiger partial charge in [0, 0.05) is 13.0 Å². The summed E-state index contributed by atoms with van der Waals surface area (Å²) in [5.74, 6) is 0.0645. The Morgan fingerprint density at radius 2 is 2.00 bits per heavy atom. The number of hydrogen-bond donors (Lipinski definition) is 0. The molecule has 2 aliphatic rings. The fraction of sp³-hybridized carbons (Fsp3) is 0.636. The van der Waals surface area contributed by atoms with Crippen LogP contribution in [0.3, 0.4) is 0 Å². The molecule has 1 heterocycles. The monoisotopic (exact) mass is 437 g/mol. The number of benzene rings is 1. The van der Waals surface area contributed by atoms with Crippen molar-refractivity contribution in [2.45, 2.75) is 75.3 Å². The highest BCUT2D eigenvalue weighted by Gasteiger charge is 2.40. The average Bonchev–Trinajstić information content (AvgIpc) is 2.73. The van der Waals surface area contributed by atoms with E-state index in [-0.39, 0.29) is 23.5 Å². The van der Waals surface area contributed by atoms with Crippen molar-refractivity contribution in [3.05, 3.63) is 23.8 Å². The first kappa shape index (κ1) is 22.7. The zero-order chi connectivity index (χ0) is 21.7. The second-order valence-electron chi connectivity index (χ2n) is 8.28. The summed E-state index contributed by atoms with van der Waals surface area (Å²) in [5.41, 5.74) is 0.896. The highest BCUT2D eigenvalue weighted by Crippen LogP contribution is 2.35. The number of carbonyl (C=O) groups excluding carboxylic acids is 2. The Morgan fingerprint density at radius 1 is 1.20 bits per heavy atom. The molecule has 0 aromatic heterocycles. The first-order chi connectivity index (χ1) is 14.4. The van der Waals surface area contributed by atoms with Gasteiger partial charge in [0.1, 0.15) is 23.0 Å². The number of ether oxygens (including phenoxy) is 2. The number of esters is 1. The minimum Gasteiger partial charge on any atom is -0.489 e. The van der Waals surface area contributed by atoms with Crippen molar-refractivity contribution in [2.75, 3.05) is 13.7 Å². The molecule has 0 N–H and O–H groups in total. The number of aryl methyl sites for hydroxylation is 1. The van der Waals surface area contributed by atoms with Crippen molar-refractivity contribution in [2.24, 2.45) is 5.92 Å². The van der Waals surface area contributed by atoms with Crippen LogP contribution in [0.15, 0.2) is 23.1 Å². The van der Waals surface area contributed by atoms with E-state index in [9.17, 15) is 18.0 Å². The second-order valence-corrected chi connectivity index (χ2v) is 10.1. The van der Waals surface area contributed by atoms with E-state index in [1.54, 1.807) is 18.2 Å². The Bertz CT molecular complexity index is 868. The summed E-state index contributed by atoms with van der Waals surface area (Å²) in [6.45, 7) is 2.16. The van der Waals surface area contributed by atoms with Gasteiger partial charge in [0.15, 0.2) is 0 Å². The fourth-order valence-electron chi connectivity index (χ4n) is 4.49. The number of hydrogen-bond acceptors (Lipinski definition) is 6. The summed E-state index contributed by atoms with van der Waals surface area (Å²) in [4.78, 5) is 23.2. The molecule has 166 valence electrons. The molecule has 30 heavy (non-hydrogen) atoms. The Morgan fingerprint density at radius 3 is 2.73 bits per heavy atom. The molecule has 0 bridgehead atoms. The predicted molar refractivity (Wildman–Crippen MR) is 112 cm³/mol. The molecule has 1 saturated carbocycles. The molecule has 0 radical (unpaired) electrons. The summed E-state index contributed by atoms with van der Waals surface area (Å²) >= 11 is 0. The predicted octanol–water partition coefficient (Wildman–Crippen LogP) is 3.24. The topological polar surface area (TPSA) is 90.0 Å². The minimum absolute atomic E-state index is 0.0846. The van der Waals surface area contributed by atoms with Gasteiger partial charge < -0.3 is 14.3 Å². The van der Waals surface area contributed by atoms with Gasteiger partial charge in [-0.15, -0.1) is 0 Å². The summed E-state index contributed by atoms with van der Waals surface area (Å²) in [6.07, 6.45) is 6.76. The highest BCUT2D eigenvalue weighted by atomic mass is 32.2. The fourth-order valence-corrected chi connectivity index (χ4v) is 6.24. The summed E-state index contributed by atoms with van der Waals surface area (Å²) in [6, 6.07) is 4.24. The molecule has 1 aliphatic heterocycles. The van der Waals surface area contributed by atoms with E-state index in [0.717, 1.165) is 44.0 Å². The van der Waals surface area contributed by atoms with Crippen LogP contribution in [-0.2, 0) is 24.3 Å². The molecule has 1 aromatic carbocycles. The van der Waals surface area contributed by atoms with E-state index in [1.807, 2.05) is 6.92 Å². The molecule has 7 nitrogen and oxygen atoms in total. The first-order valence-corrected chi connectivity index (χ1v) is 12.1. The number of rotatable bonds is 7. The first-order valence-electron chi connectivity index (χ1n) is 10.7. The Labute approximate surface area is 178 Å². The van der Waals surface area contributed by atoms with E-state index >= 15 is 0 Å². The molecule has 0 unspecified atom stereocenters. The van der Waals surface area contributed by atoms with Crippen molar-refractivity contribution in [1.82, 2.24) is 4.31 Å². The van der Waals surface area contributed by atoms with Gasteiger partial charge in [-0.05, 0) is 75.5 Å². The van der Waals surface area contributed by atoms with Gasteiger partial charge >= 0.3 is 5.97 Å². The Hall–Kier alpha value is -1.93. The van der Waals surface area contributed by atoms with Crippen LogP contribution >= 0.6 is 0 Å². The van der Waals surface area contributed by atoms with Crippen molar-refractivity contribution in [3.63, 3.8) is 0 Å². The third-order valence-electron chi connectivity index (χ3n) is 6.07. The van der Waals surface area contributed by atoms with E-state index in [4.69, 9.17) is 9.47 Å². The molecule has 2 fully saturated rings. The van der Waals surface area contributed by atoms with E-state index in [1.165, 1.54) is 11.4 Å². The number of sulfonamides is 1. The van der Waals surface area contributed by atoms with Crippen LogP contribution in [0.1, 0.15) is 56.9 Å². The van der Waals surface area contributed by atoms with Crippen LogP contribution in [0.2, 0.25) is 0 Å². The zero-order valence-electron chi connectivity index (χ0n) is 17.7. The lowest BCUT2D eigenvalue weighted by molar-refractivity contribution is -0.146. The lowest BCUT2D eigenvalue weighted by Gasteiger charge is -2.34. The lowest BCUT2D eigenvalue weighted by atomic mass is 9.85. The molecular weight excluding hydrogens is 406 g/mol. The maximum Gasteiger partial charge on any atom is 0.324 e. The SMILES string of the molecule is COC(=O)[C@@H]1CCCCN1S(=O)(=O)c1ccc(C)cc1O[C@@H]1CCC[C@H](CC=O)C1. The van der Waals surface area contributed by atoms with Crippen molar-refractivity contribution in [3.8, 4) is 5.75 Å². The molecule has 1 aliphatic carbocycles. The molecule has 0 spiro atoms. The van der Waals surface area contributed by atoms with Crippen molar-refractivity contribution in [1.29, 1.82) is 0 Å². The van der Waals surface area contributed by atoms with Gasteiger partial charge in [-0.1, -0.05) is 6.07 Å². The smallest absolute Gasteiger partial charge is 0.324 e. The minimum atomic E-state index is -3.94. The summed E-state index contributed by atoms with van der Waals surface area (Å²) in [5, 5.41) is 0. The number of aldehydes is 1. The zero-order valence-corrected chi connectivity index (χ0v) is 18.5. The quantitative estimate of drug-likeness (QED) is 0.481. The van der Waals surface area contributed by atoms with Gasteiger partial charge in [-0.2, -0.15) is 4.31 Å². The van der Waals surface area contributed by atoms with Gasteiger partial charge in [0.2, 0.25) is 10.0 Å². The number of nitrogens with zero attached hydrogens (tertiary/aromatic N) is 1. The maximum atomic E-state index is 13.6. The van der Waals surface area contributed by atoms with Crippen LogP contribution in [0.25, 0.3) is 0 Å². The molecule has 3 atom stereocenters.